The van der Waals surface area contributed by atoms with Crippen molar-refractivity contribution in [1.82, 2.24) is 10.4 Å². The molecule has 0 bridgehead atoms. The van der Waals surface area contributed by atoms with Crippen LogP contribution in [0.4, 0.5) is 4.79 Å². The summed E-state index contributed by atoms with van der Waals surface area (Å²) in [7, 11) is 0. The molecule has 4 heteroatoms. The van der Waals surface area contributed by atoms with Crippen LogP contribution in [0, 0.1) is 0 Å². The van der Waals surface area contributed by atoms with Crippen LogP contribution in [0.5, 0.6) is 0 Å². The standard InChI is InChI=1S/C4H8N2O2/c7-4(5-8)6-2-1-3-6/h8H,1-3H2,(H,5,7). The van der Waals surface area contributed by atoms with Gasteiger partial charge in [0.25, 0.3) is 0 Å². The fourth-order valence-corrected chi connectivity index (χ4v) is 0.590. The number of likely N-dealkylation sites (tertiary alicyclic amines) is 1. The first-order chi connectivity index (χ1) is 3.84. The summed E-state index contributed by atoms with van der Waals surface area (Å²) in [5, 5.41) is 8.03. The SMILES string of the molecule is O=C(NO)N1CCC1. The van der Waals surface area contributed by atoms with Gasteiger partial charge in [-0.1, -0.05) is 0 Å². The smallest absolute Gasteiger partial charge is 0.323 e. The molecular weight excluding hydrogens is 108 g/mol. The molecule has 4 nitrogen and oxygen atoms in total. The van der Waals surface area contributed by atoms with Crippen LogP contribution in [0.2, 0.25) is 0 Å². The zero-order chi connectivity index (χ0) is 5.98. The van der Waals surface area contributed by atoms with E-state index in [2.05, 4.69) is 0 Å². The highest BCUT2D eigenvalue weighted by molar-refractivity contribution is 5.73. The van der Waals surface area contributed by atoms with Crippen molar-refractivity contribution in [2.75, 3.05) is 13.1 Å². The Balaban J connectivity index is 2.24. The molecule has 46 valence electrons. The summed E-state index contributed by atoms with van der Waals surface area (Å²) in [6, 6.07) is -0.392. The topological polar surface area (TPSA) is 52.6 Å². The molecule has 0 aromatic heterocycles. The number of hydrogen-bond acceptors (Lipinski definition) is 2. The number of urea groups is 1. The van der Waals surface area contributed by atoms with E-state index in [1.165, 1.54) is 4.90 Å². The van der Waals surface area contributed by atoms with E-state index in [9.17, 15) is 4.79 Å². The molecule has 0 saturated carbocycles. The molecule has 0 aromatic rings. The van der Waals surface area contributed by atoms with E-state index in [0.717, 1.165) is 19.5 Å². The third-order valence-electron chi connectivity index (χ3n) is 1.24. The van der Waals surface area contributed by atoms with Gasteiger partial charge in [0.1, 0.15) is 0 Å². The van der Waals surface area contributed by atoms with Gasteiger partial charge >= 0.3 is 6.03 Å². The molecule has 1 heterocycles. The third kappa shape index (κ3) is 0.742. The number of carbonyl (C=O) groups excluding carboxylic acids is 1. The largest absolute Gasteiger partial charge is 0.341 e. The summed E-state index contributed by atoms with van der Waals surface area (Å²) in [4.78, 5) is 11.9. The predicted molar refractivity (Wildman–Crippen MR) is 26.5 cm³/mol. The molecule has 1 aliphatic rings. The second-order valence-electron chi connectivity index (χ2n) is 1.76. The zero-order valence-corrected chi connectivity index (χ0v) is 4.42. The van der Waals surface area contributed by atoms with Crippen LogP contribution in [0.3, 0.4) is 0 Å². The van der Waals surface area contributed by atoms with E-state index < -0.39 is 6.03 Å². The lowest BCUT2D eigenvalue weighted by Gasteiger charge is -2.29. The van der Waals surface area contributed by atoms with Gasteiger partial charge in [-0.2, -0.15) is 0 Å². The number of hydroxylamine groups is 1. The van der Waals surface area contributed by atoms with Gasteiger partial charge in [0.2, 0.25) is 0 Å². The number of nitrogens with zero attached hydrogens (tertiary/aromatic N) is 1. The molecule has 1 fully saturated rings. The summed E-state index contributed by atoms with van der Waals surface area (Å²) in [5.41, 5.74) is 1.55. The fourth-order valence-electron chi connectivity index (χ4n) is 0.590. The van der Waals surface area contributed by atoms with Crippen molar-refractivity contribution < 1.29 is 10.0 Å². The first-order valence-electron chi connectivity index (χ1n) is 2.53. The predicted octanol–water partition coefficient (Wildman–Crippen LogP) is -0.209. The Morgan fingerprint density at radius 1 is 1.62 bits per heavy atom. The van der Waals surface area contributed by atoms with Crippen LogP contribution in [0.25, 0.3) is 0 Å². The van der Waals surface area contributed by atoms with Crippen LogP contribution >= 0.6 is 0 Å². The highest BCUT2D eigenvalue weighted by Gasteiger charge is 2.18. The average Bonchev–Trinajstić information content (AvgIpc) is 1.62. The highest BCUT2D eigenvalue weighted by Crippen LogP contribution is 2.03. The quantitative estimate of drug-likeness (QED) is 0.340. The lowest BCUT2D eigenvalue weighted by atomic mass is 10.2. The van der Waals surface area contributed by atoms with Crippen LogP contribution in [0.15, 0.2) is 0 Å². The molecule has 0 aliphatic carbocycles. The van der Waals surface area contributed by atoms with Crippen molar-refractivity contribution in [3.8, 4) is 0 Å². The highest BCUT2D eigenvalue weighted by atomic mass is 16.5. The number of hydrogen-bond donors (Lipinski definition) is 2. The molecule has 0 aromatic carbocycles. The normalized spacial score (nSPS) is 17.4. The van der Waals surface area contributed by atoms with Crippen LogP contribution < -0.4 is 5.48 Å². The summed E-state index contributed by atoms with van der Waals surface area (Å²) in [5.74, 6) is 0. The minimum atomic E-state index is -0.392. The maximum atomic E-state index is 10.4. The maximum Gasteiger partial charge on any atom is 0.341 e. The summed E-state index contributed by atoms with van der Waals surface area (Å²) in [6.45, 7) is 1.54. The van der Waals surface area contributed by atoms with Crippen molar-refractivity contribution in [2.24, 2.45) is 0 Å². The van der Waals surface area contributed by atoms with Crippen molar-refractivity contribution >= 4 is 6.03 Å². The molecule has 8 heavy (non-hydrogen) atoms. The lowest BCUT2D eigenvalue weighted by Crippen LogP contribution is -2.46. The Morgan fingerprint density at radius 3 is 2.38 bits per heavy atom. The maximum absolute atomic E-state index is 10.4. The van der Waals surface area contributed by atoms with Crippen LogP contribution in [-0.4, -0.2) is 29.2 Å². The van der Waals surface area contributed by atoms with Crippen molar-refractivity contribution in [1.29, 1.82) is 0 Å². The van der Waals surface area contributed by atoms with E-state index in [4.69, 9.17) is 5.21 Å². The molecular formula is C4H8N2O2. The van der Waals surface area contributed by atoms with Gasteiger partial charge < -0.3 is 4.90 Å². The van der Waals surface area contributed by atoms with E-state index in [1.54, 1.807) is 5.48 Å². The van der Waals surface area contributed by atoms with Crippen LogP contribution in [-0.2, 0) is 0 Å². The van der Waals surface area contributed by atoms with Crippen molar-refractivity contribution in [3.63, 3.8) is 0 Å². The van der Waals surface area contributed by atoms with Gasteiger partial charge in [0.15, 0.2) is 0 Å². The van der Waals surface area contributed by atoms with Crippen molar-refractivity contribution in [3.05, 3.63) is 0 Å². The Hall–Kier alpha value is -0.770. The van der Waals surface area contributed by atoms with Gasteiger partial charge in [-0.3, -0.25) is 5.21 Å². The molecule has 1 aliphatic heterocycles. The first-order valence-corrected chi connectivity index (χ1v) is 2.53. The first kappa shape index (κ1) is 5.37. The molecule has 1 saturated heterocycles. The second-order valence-corrected chi connectivity index (χ2v) is 1.76. The fraction of sp³-hybridized carbons (Fsp3) is 0.750. The lowest BCUT2D eigenvalue weighted by molar-refractivity contribution is 0.110. The van der Waals surface area contributed by atoms with E-state index in [1.807, 2.05) is 0 Å². The molecule has 0 radical (unpaired) electrons. The van der Waals surface area contributed by atoms with Crippen LogP contribution in [0.1, 0.15) is 6.42 Å². The van der Waals surface area contributed by atoms with Gasteiger partial charge in [-0.15, -0.1) is 0 Å². The zero-order valence-electron chi connectivity index (χ0n) is 4.42. The minimum absolute atomic E-state index is 0.392. The average molecular weight is 116 g/mol. The molecule has 2 amide bonds. The summed E-state index contributed by atoms with van der Waals surface area (Å²) < 4.78 is 0. The third-order valence-corrected chi connectivity index (χ3v) is 1.24. The Morgan fingerprint density at radius 2 is 2.25 bits per heavy atom. The Kier molecular flexibility index (Phi) is 1.34. The Labute approximate surface area is 47.0 Å². The monoisotopic (exact) mass is 116 g/mol. The van der Waals surface area contributed by atoms with Gasteiger partial charge in [-0.25, -0.2) is 10.3 Å². The number of carbonyl (C=O) groups is 1. The number of nitrogens with one attached hydrogen (secondary N) is 1. The molecule has 1 rings (SSSR count). The molecule has 2 N–H and O–H groups in total. The van der Waals surface area contributed by atoms with Gasteiger partial charge in [-0.05, 0) is 6.42 Å². The van der Waals surface area contributed by atoms with E-state index >= 15 is 0 Å². The Bertz CT molecular complexity index is 100. The number of amides is 2. The molecule has 0 atom stereocenters. The van der Waals surface area contributed by atoms with E-state index in [0.29, 0.717) is 0 Å². The van der Waals surface area contributed by atoms with Gasteiger partial charge in [0, 0.05) is 13.1 Å². The van der Waals surface area contributed by atoms with Gasteiger partial charge in [0.05, 0.1) is 0 Å². The summed E-state index contributed by atoms with van der Waals surface area (Å²) in [6.07, 6.45) is 1.05. The number of rotatable bonds is 0. The minimum Gasteiger partial charge on any atom is -0.323 e. The molecule has 0 spiro atoms. The summed E-state index contributed by atoms with van der Waals surface area (Å²) >= 11 is 0. The van der Waals surface area contributed by atoms with E-state index in [-0.39, 0.29) is 0 Å². The van der Waals surface area contributed by atoms with Crippen molar-refractivity contribution in [2.45, 2.75) is 6.42 Å². The second kappa shape index (κ2) is 2.00. The molecule has 0 unspecified atom stereocenters.